The number of carbonyl (C=O) groups excluding carboxylic acids is 1. The van der Waals surface area contributed by atoms with Gasteiger partial charge in [0.05, 0.1) is 11.8 Å². The van der Waals surface area contributed by atoms with Crippen molar-refractivity contribution in [2.75, 3.05) is 6.61 Å². The second kappa shape index (κ2) is 9.25. The number of fused-ring (bicyclic) bond motifs is 5. The number of terminal acetylenes is 1. The lowest BCUT2D eigenvalue weighted by atomic mass is 9.46. The van der Waals surface area contributed by atoms with Crippen LogP contribution in [-0.4, -0.2) is 57.3 Å². The van der Waals surface area contributed by atoms with Gasteiger partial charge in [-0.1, -0.05) is 30.5 Å². The van der Waals surface area contributed by atoms with Crippen molar-refractivity contribution in [3.8, 4) is 12.3 Å². The molecule has 0 bridgehead atoms. The van der Waals surface area contributed by atoms with Crippen molar-refractivity contribution >= 4 is 17.6 Å². The molecule has 192 valence electrons. The molecule has 8 atom stereocenters. The molecule has 0 radical (unpaired) electrons. The normalized spacial score (nSPS) is 40.9. The molecule has 4 aliphatic carbocycles. The lowest BCUT2D eigenvalue weighted by Crippen LogP contribution is -2.54. The quantitative estimate of drug-likeness (QED) is 0.338. The number of nitrogens with zero attached hydrogens (tertiary/aromatic N) is 1. The molecular weight excluding hydrogens is 448 g/mol. The van der Waals surface area contributed by atoms with E-state index >= 15 is 0 Å². The number of carboxylic acids is 1. The van der Waals surface area contributed by atoms with Gasteiger partial charge in [-0.15, -0.1) is 6.42 Å². The standard InChI is InChI=1S/C27H38N2O6/c1-5-27(34)13-10-21-19-7-6-17-14-18(8-11-25(17,3)20(19)9-12-26(21,27)4)29-35-15-22(31)28-23(16(2)30)24(32)33/h1,14,16,19-21,23,30,34H,6-13,15H2,2-4H3,(H,28,31)(H,32,33)/t16-,19-,20-,21-,23+,25+,26+,27-/m1/s1. The minimum absolute atomic E-state index is 0.0868. The van der Waals surface area contributed by atoms with E-state index in [9.17, 15) is 19.8 Å². The third-order valence-corrected chi connectivity index (χ3v) is 9.81. The summed E-state index contributed by atoms with van der Waals surface area (Å²) in [4.78, 5) is 28.3. The molecule has 4 aliphatic rings. The number of allylic oxidation sites excluding steroid dienone is 2. The van der Waals surface area contributed by atoms with Crippen molar-refractivity contribution in [2.45, 2.75) is 89.9 Å². The van der Waals surface area contributed by atoms with Gasteiger partial charge in [-0.25, -0.2) is 4.79 Å². The van der Waals surface area contributed by atoms with Crippen LogP contribution >= 0.6 is 0 Å². The summed E-state index contributed by atoms with van der Waals surface area (Å²) in [5.74, 6) is 2.36. The number of hydrogen-bond acceptors (Lipinski definition) is 6. The fourth-order valence-corrected chi connectivity index (χ4v) is 7.67. The summed E-state index contributed by atoms with van der Waals surface area (Å²) in [6.45, 7) is 5.46. The summed E-state index contributed by atoms with van der Waals surface area (Å²) >= 11 is 0. The number of hydrogen-bond donors (Lipinski definition) is 4. The van der Waals surface area contributed by atoms with Crippen LogP contribution in [0.4, 0.5) is 0 Å². The maximum atomic E-state index is 12.0. The number of nitrogens with one attached hydrogen (secondary N) is 1. The van der Waals surface area contributed by atoms with Crippen LogP contribution in [0.25, 0.3) is 0 Å². The van der Waals surface area contributed by atoms with E-state index in [1.807, 2.05) is 0 Å². The van der Waals surface area contributed by atoms with Crippen LogP contribution in [0.2, 0.25) is 0 Å². The first-order valence-corrected chi connectivity index (χ1v) is 12.8. The van der Waals surface area contributed by atoms with Crippen molar-refractivity contribution in [2.24, 2.45) is 33.7 Å². The highest BCUT2D eigenvalue weighted by Gasteiger charge is 2.63. The molecule has 0 aliphatic heterocycles. The van der Waals surface area contributed by atoms with Crippen LogP contribution in [0.5, 0.6) is 0 Å². The van der Waals surface area contributed by atoms with Gasteiger partial charge in [0.2, 0.25) is 0 Å². The van der Waals surface area contributed by atoms with E-state index in [4.69, 9.17) is 16.4 Å². The van der Waals surface area contributed by atoms with E-state index in [-0.39, 0.29) is 10.8 Å². The molecule has 4 rings (SSSR count). The van der Waals surface area contributed by atoms with Crippen molar-refractivity contribution in [3.05, 3.63) is 11.6 Å². The van der Waals surface area contributed by atoms with Gasteiger partial charge >= 0.3 is 5.97 Å². The molecule has 3 saturated carbocycles. The highest BCUT2D eigenvalue weighted by molar-refractivity contribution is 5.96. The third kappa shape index (κ3) is 4.27. The highest BCUT2D eigenvalue weighted by atomic mass is 16.6. The van der Waals surface area contributed by atoms with Crippen LogP contribution in [0, 0.1) is 40.9 Å². The molecule has 0 aromatic heterocycles. The summed E-state index contributed by atoms with van der Waals surface area (Å²) in [6, 6.07) is -1.39. The zero-order valence-electron chi connectivity index (χ0n) is 20.9. The van der Waals surface area contributed by atoms with Gasteiger partial charge in [-0.3, -0.25) is 4.79 Å². The molecular formula is C27H38N2O6. The Morgan fingerprint density at radius 2 is 1.94 bits per heavy atom. The lowest BCUT2D eigenvalue weighted by molar-refractivity contribution is -0.145. The van der Waals surface area contributed by atoms with Crippen molar-refractivity contribution in [1.29, 1.82) is 0 Å². The lowest BCUT2D eigenvalue weighted by Gasteiger charge is -2.58. The monoisotopic (exact) mass is 486 g/mol. The predicted octanol–water partition coefficient (Wildman–Crippen LogP) is 2.64. The fraction of sp³-hybridized carbons (Fsp3) is 0.741. The van der Waals surface area contributed by atoms with E-state index in [0.717, 1.165) is 50.7 Å². The minimum Gasteiger partial charge on any atom is -0.480 e. The number of aliphatic hydroxyl groups excluding tert-OH is 1. The zero-order valence-corrected chi connectivity index (χ0v) is 20.9. The molecule has 8 heteroatoms. The van der Waals surface area contributed by atoms with Gasteiger partial charge < -0.3 is 25.5 Å². The summed E-state index contributed by atoms with van der Waals surface area (Å²) < 4.78 is 0. The number of aliphatic carboxylic acids is 1. The van der Waals surface area contributed by atoms with E-state index < -0.39 is 36.2 Å². The minimum atomic E-state index is -1.39. The van der Waals surface area contributed by atoms with Gasteiger partial charge in [0, 0.05) is 5.41 Å². The maximum Gasteiger partial charge on any atom is 0.328 e. The smallest absolute Gasteiger partial charge is 0.328 e. The third-order valence-electron chi connectivity index (χ3n) is 9.81. The number of rotatable bonds is 6. The van der Waals surface area contributed by atoms with Gasteiger partial charge in [-0.05, 0) is 87.5 Å². The first-order chi connectivity index (χ1) is 16.4. The largest absolute Gasteiger partial charge is 0.480 e. The van der Waals surface area contributed by atoms with Gasteiger partial charge in [0.15, 0.2) is 12.6 Å². The summed E-state index contributed by atoms with van der Waals surface area (Å²) in [7, 11) is 0. The summed E-state index contributed by atoms with van der Waals surface area (Å²) in [5, 5.41) is 36.1. The molecule has 0 heterocycles. The average Bonchev–Trinajstić information content (AvgIpc) is 3.08. The molecule has 0 aromatic rings. The molecule has 35 heavy (non-hydrogen) atoms. The summed E-state index contributed by atoms with van der Waals surface area (Å²) in [6.07, 6.45) is 14.1. The van der Waals surface area contributed by atoms with E-state index in [0.29, 0.717) is 24.2 Å². The first-order valence-electron chi connectivity index (χ1n) is 12.8. The second-order valence-electron chi connectivity index (χ2n) is 11.5. The van der Waals surface area contributed by atoms with Crippen LogP contribution in [0.3, 0.4) is 0 Å². The molecule has 0 unspecified atom stereocenters. The van der Waals surface area contributed by atoms with Crippen molar-refractivity contribution in [3.63, 3.8) is 0 Å². The van der Waals surface area contributed by atoms with Crippen molar-refractivity contribution in [1.82, 2.24) is 5.32 Å². The van der Waals surface area contributed by atoms with E-state index in [2.05, 4.69) is 36.3 Å². The van der Waals surface area contributed by atoms with Crippen molar-refractivity contribution < 1.29 is 29.7 Å². The van der Waals surface area contributed by atoms with Gasteiger partial charge in [0.1, 0.15) is 5.60 Å². The Bertz CT molecular complexity index is 983. The SMILES string of the molecule is C#C[C@@]1(O)CC[C@@H]2[C@@H]3CCC4=CC(=NOCC(=O)N[C@H](C(=O)O)[C@@H](C)O)CC[C@]4(C)[C@@H]3CC[C@@]21C. The van der Waals surface area contributed by atoms with Gasteiger partial charge in [-0.2, -0.15) is 0 Å². The Morgan fingerprint density at radius 1 is 1.23 bits per heavy atom. The Hall–Kier alpha value is -2.37. The molecule has 0 spiro atoms. The van der Waals surface area contributed by atoms with Crippen LogP contribution < -0.4 is 5.32 Å². The second-order valence-corrected chi connectivity index (χ2v) is 11.5. The predicted molar refractivity (Wildman–Crippen MR) is 130 cm³/mol. The maximum absolute atomic E-state index is 12.0. The molecule has 1 amide bonds. The number of carboxylic acid groups (broad SMARTS) is 1. The topological polar surface area (TPSA) is 128 Å². The average molecular weight is 487 g/mol. The first kappa shape index (κ1) is 25.7. The Kier molecular flexibility index (Phi) is 6.80. The number of carbonyl (C=O) groups is 2. The van der Waals surface area contributed by atoms with E-state index in [1.165, 1.54) is 12.5 Å². The molecule has 3 fully saturated rings. The number of aliphatic hydroxyl groups is 2. The Balaban J connectivity index is 1.41. The summed E-state index contributed by atoms with van der Waals surface area (Å²) in [5.41, 5.74) is 1.06. The molecule has 8 nitrogen and oxygen atoms in total. The van der Waals surface area contributed by atoms with Crippen LogP contribution in [0.1, 0.15) is 72.1 Å². The Morgan fingerprint density at radius 3 is 2.60 bits per heavy atom. The van der Waals surface area contributed by atoms with Gasteiger partial charge in [0.25, 0.3) is 5.91 Å². The molecule has 4 N–H and O–H groups in total. The van der Waals surface area contributed by atoms with Crippen LogP contribution in [-0.2, 0) is 14.4 Å². The Labute approximate surface area is 207 Å². The molecule has 0 saturated heterocycles. The highest BCUT2D eigenvalue weighted by Crippen LogP contribution is 2.67. The molecule has 0 aromatic carbocycles. The van der Waals surface area contributed by atoms with E-state index in [1.54, 1.807) is 0 Å². The van der Waals surface area contributed by atoms with Crippen LogP contribution in [0.15, 0.2) is 16.8 Å². The number of oxime groups is 1. The number of amides is 1. The zero-order chi connectivity index (χ0) is 25.6. The fourth-order valence-electron chi connectivity index (χ4n) is 7.67.